The van der Waals surface area contributed by atoms with E-state index in [9.17, 15) is 4.79 Å². The van der Waals surface area contributed by atoms with E-state index < -0.39 is 0 Å². The van der Waals surface area contributed by atoms with Gasteiger partial charge >= 0.3 is 0 Å². The second-order valence-electron chi connectivity index (χ2n) is 6.37. The number of nitrogens with zero attached hydrogens (tertiary/aromatic N) is 1. The quantitative estimate of drug-likeness (QED) is 0.872. The number of carbonyl (C=O) groups is 1. The third kappa shape index (κ3) is 2.96. The minimum Gasteiger partial charge on any atom is -0.493 e. The van der Waals surface area contributed by atoms with Crippen LogP contribution in [0.4, 0.5) is 0 Å². The van der Waals surface area contributed by atoms with Crippen LogP contribution in [0.5, 0.6) is 5.75 Å². The predicted molar refractivity (Wildman–Crippen MR) is 89.5 cm³/mol. The minimum atomic E-state index is 0.260. The molecule has 0 unspecified atom stereocenters. The third-order valence-corrected chi connectivity index (χ3v) is 4.86. The molecule has 0 saturated carbocycles. The summed E-state index contributed by atoms with van der Waals surface area (Å²) in [6.07, 6.45) is 3.35. The zero-order valence-corrected chi connectivity index (χ0v) is 13.3. The fraction of sp³-hybridized carbons (Fsp3) is 0.350. The maximum atomic E-state index is 12.5. The van der Waals surface area contributed by atoms with Crippen molar-refractivity contribution in [3.8, 4) is 5.75 Å². The molecule has 2 aliphatic heterocycles. The van der Waals surface area contributed by atoms with E-state index in [-0.39, 0.29) is 5.91 Å². The number of amides is 1. The summed E-state index contributed by atoms with van der Waals surface area (Å²) in [5.41, 5.74) is 5.19. The summed E-state index contributed by atoms with van der Waals surface area (Å²) in [5, 5.41) is 0. The average molecular weight is 307 g/mol. The Morgan fingerprint density at radius 1 is 1.04 bits per heavy atom. The van der Waals surface area contributed by atoms with Crippen LogP contribution in [-0.4, -0.2) is 24.0 Å². The lowest BCUT2D eigenvalue weighted by atomic mass is 9.99. The Balaban J connectivity index is 1.37. The summed E-state index contributed by atoms with van der Waals surface area (Å²) >= 11 is 0. The standard InChI is InChI=1S/C20H21NO2/c22-20(21-11-9-16-3-1-2-4-18(16)14-21)8-6-15-5-7-19-17(13-15)10-12-23-19/h1-5,7,13H,6,8-12,14H2. The van der Waals surface area contributed by atoms with Crippen LogP contribution >= 0.6 is 0 Å². The second kappa shape index (κ2) is 6.07. The zero-order chi connectivity index (χ0) is 15.6. The van der Waals surface area contributed by atoms with Gasteiger partial charge in [0.1, 0.15) is 5.75 Å². The van der Waals surface area contributed by atoms with Crippen LogP contribution in [-0.2, 0) is 30.6 Å². The largest absolute Gasteiger partial charge is 0.493 e. The molecule has 0 saturated heterocycles. The normalized spacial score (nSPS) is 15.7. The Kier molecular flexibility index (Phi) is 3.78. The van der Waals surface area contributed by atoms with Gasteiger partial charge in [0.25, 0.3) is 0 Å². The molecule has 2 aliphatic rings. The number of rotatable bonds is 3. The first-order valence-electron chi connectivity index (χ1n) is 8.39. The van der Waals surface area contributed by atoms with Gasteiger partial charge in [-0.15, -0.1) is 0 Å². The minimum absolute atomic E-state index is 0.260. The van der Waals surface area contributed by atoms with Gasteiger partial charge in [-0.2, -0.15) is 0 Å². The van der Waals surface area contributed by atoms with Gasteiger partial charge in [0.2, 0.25) is 5.91 Å². The Morgan fingerprint density at radius 3 is 2.83 bits per heavy atom. The lowest BCUT2D eigenvalue weighted by Crippen LogP contribution is -2.36. The molecule has 0 fully saturated rings. The maximum Gasteiger partial charge on any atom is 0.223 e. The van der Waals surface area contributed by atoms with Crippen LogP contribution in [0.25, 0.3) is 0 Å². The molecule has 0 aromatic heterocycles. The molecule has 3 heteroatoms. The van der Waals surface area contributed by atoms with E-state index in [1.54, 1.807) is 0 Å². The predicted octanol–water partition coefficient (Wildman–Crippen LogP) is 3.14. The van der Waals surface area contributed by atoms with Crippen molar-refractivity contribution in [2.45, 2.75) is 32.2 Å². The third-order valence-electron chi connectivity index (χ3n) is 4.86. The smallest absolute Gasteiger partial charge is 0.223 e. The lowest BCUT2D eigenvalue weighted by molar-refractivity contribution is -0.132. The molecule has 23 heavy (non-hydrogen) atoms. The molecule has 0 aliphatic carbocycles. The van der Waals surface area contributed by atoms with Crippen LogP contribution < -0.4 is 4.74 Å². The van der Waals surface area contributed by atoms with Crippen molar-refractivity contribution in [1.82, 2.24) is 4.90 Å². The number of aryl methyl sites for hydroxylation is 1. The highest BCUT2D eigenvalue weighted by molar-refractivity contribution is 5.76. The van der Waals surface area contributed by atoms with Crippen LogP contribution in [0.15, 0.2) is 42.5 Å². The van der Waals surface area contributed by atoms with Crippen molar-refractivity contribution < 1.29 is 9.53 Å². The summed E-state index contributed by atoms with van der Waals surface area (Å²) in [6, 6.07) is 14.8. The number of fused-ring (bicyclic) bond motifs is 2. The fourth-order valence-corrected chi connectivity index (χ4v) is 3.51. The molecule has 0 radical (unpaired) electrons. The molecule has 0 atom stereocenters. The van der Waals surface area contributed by atoms with Crippen molar-refractivity contribution in [2.24, 2.45) is 0 Å². The van der Waals surface area contributed by atoms with E-state index >= 15 is 0 Å². The van der Waals surface area contributed by atoms with E-state index in [4.69, 9.17) is 4.74 Å². The topological polar surface area (TPSA) is 29.5 Å². The highest BCUT2D eigenvalue weighted by Gasteiger charge is 2.20. The summed E-state index contributed by atoms with van der Waals surface area (Å²) in [5.74, 6) is 1.27. The molecule has 2 aromatic rings. The molecule has 2 heterocycles. The summed E-state index contributed by atoms with van der Waals surface area (Å²) in [4.78, 5) is 14.5. The van der Waals surface area contributed by atoms with E-state index in [0.29, 0.717) is 6.42 Å². The van der Waals surface area contributed by atoms with E-state index in [1.165, 1.54) is 22.3 Å². The molecule has 0 spiro atoms. The van der Waals surface area contributed by atoms with Gasteiger partial charge in [-0.05, 0) is 41.2 Å². The number of carbonyl (C=O) groups excluding carboxylic acids is 1. The average Bonchev–Trinajstić information content (AvgIpc) is 3.07. The molecule has 4 rings (SSSR count). The first-order chi connectivity index (χ1) is 11.3. The van der Waals surface area contributed by atoms with Crippen LogP contribution in [0.1, 0.15) is 28.7 Å². The van der Waals surface area contributed by atoms with E-state index in [0.717, 1.165) is 44.7 Å². The van der Waals surface area contributed by atoms with Crippen molar-refractivity contribution in [3.05, 3.63) is 64.7 Å². The number of hydrogen-bond donors (Lipinski definition) is 0. The molecule has 118 valence electrons. The SMILES string of the molecule is O=C(CCc1ccc2c(c1)CCO2)N1CCc2ccccc2C1. The summed E-state index contributed by atoms with van der Waals surface area (Å²) in [7, 11) is 0. The number of ether oxygens (including phenoxy) is 1. The van der Waals surface area contributed by atoms with Gasteiger partial charge in [0, 0.05) is 25.9 Å². The van der Waals surface area contributed by atoms with Gasteiger partial charge in [-0.3, -0.25) is 4.79 Å². The monoisotopic (exact) mass is 307 g/mol. The van der Waals surface area contributed by atoms with Gasteiger partial charge in [-0.1, -0.05) is 36.4 Å². The second-order valence-corrected chi connectivity index (χ2v) is 6.37. The molecule has 0 N–H and O–H groups in total. The summed E-state index contributed by atoms with van der Waals surface area (Å²) < 4.78 is 5.53. The number of benzene rings is 2. The molecule has 1 amide bonds. The van der Waals surface area contributed by atoms with Gasteiger partial charge in [0.15, 0.2) is 0 Å². The fourth-order valence-electron chi connectivity index (χ4n) is 3.51. The Bertz CT molecular complexity index is 738. The van der Waals surface area contributed by atoms with Crippen molar-refractivity contribution in [1.29, 1.82) is 0 Å². The summed E-state index contributed by atoms with van der Waals surface area (Å²) in [6.45, 7) is 2.38. The molecule has 3 nitrogen and oxygen atoms in total. The molecule has 2 aromatic carbocycles. The molecule has 0 bridgehead atoms. The van der Waals surface area contributed by atoms with Crippen molar-refractivity contribution >= 4 is 5.91 Å². The number of hydrogen-bond acceptors (Lipinski definition) is 2. The van der Waals surface area contributed by atoms with Crippen LogP contribution in [0, 0.1) is 0 Å². The first-order valence-corrected chi connectivity index (χ1v) is 8.39. The zero-order valence-electron chi connectivity index (χ0n) is 13.3. The Hall–Kier alpha value is -2.29. The van der Waals surface area contributed by atoms with Gasteiger partial charge in [-0.25, -0.2) is 0 Å². The molecular formula is C20H21NO2. The maximum absolute atomic E-state index is 12.5. The first kappa shape index (κ1) is 14.3. The highest BCUT2D eigenvalue weighted by Crippen LogP contribution is 2.26. The lowest BCUT2D eigenvalue weighted by Gasteiger charge is -2.29. The highest BCUT2D eigenvalue weighted by atomic mass is 16.5. The molecular weight excluding hydrogens is 286 g/mol. The van der Waals surface area contributed by atoms with Gasteiger partial charge < -0.3 is 9.64 Å². The van der Waals surface area contributed by atoms with Crippen LogP contribution in [0.3, 0.4) is 0 Å². The van der Waals surface area contributed by atoms with Crippen molar-refractivity contribution in [2.75, 3.05) is 13.2 Å². The van der Waals surface area contributed by atoms with Crippen LogP contribution in [0.2, 0.25) is 0 Å². The van der Waals surface area contributed by atoms with E-state index in [1.807, 2.05) is 11.0 Å². The Morgan fingerprint density at radius 2 is 1.91 bits per heavy atom. The van der Waals surface area contributed by atoms with Crippen molar-refractivity contribution in [3.63, 3.8) is 0 Å². The Labute approximate surface area is 136 Å². The van der Waals surface area contributed by atoms with E-state index in [2.05, 4.69) is 36.4 Å². The van der Waals surface area contributed by atoms with Gasteiger partial charge in [0.05, 0.1) is 6.61 Å².